The van der Waals surface area contributed by atoms with Gasteiger partial charge in [0.05, 0.1) is 6.61 Å². The lowest BCUT2D eigenvalue weighted by molar-refractivity contribution is -0.131. The number of pyridine rings is 1. The number of likely N-dealkylation sites (tertiary alicyclic amines) is 1. The number of amides is 1. The van der Waals surface area contributed by atoms with Crippen molar-refractivity contribution >= 4 is 16.7 Å². The molecular formula is C19H24N2O3. The Morgan fingerprint density at radius 3 is 2.96 bits per heavy atom. The molecule has 2 heterocycles. The van der Waals surface area contributed by atoms with Crippen LogP contribution in [0.4, 0.5) is 0 Å². The Balaban J connectivity index is 1.63. The molecule has 1 aromatic carbocycles. The second kappa shape index (κ2) is 7.62. The Labute approximate surface area is 141 Å². The minimum atomic E-state index is -0.108. The number of aromatic nitrogens is 1. The highest BCUT2D eigenvalue weighted by molar-refractivity contribution is 5.82. The highest BCUT2D eigenvalue weighted by atomic mass is 16.5. The highest BCUT2D eigenvalue weighted by Gasteiger charge is 2.26. The van der Waals surface area contributed by atoms with Gasteiger partial charge in [-0.15, -0.1) is 0 Å². The van der Waals surface area contributed by atoms with E-state index in [2.05, 4.69) is 6.92 Å². The molecule has 2 aromatic rings. The van der Waals surface area contributed by atoms with E-state index in [4.69, 9.17) is 4.74 Å². The topological polar surface area (TPSA) is 51.5 Å². The quantitative estimate of drug-likeness (QED) is 0.765. The van der Waals surface area contributed by atoms with E-state index in [1.54, 1.807) is 12.3 Å². The number of benzene rings is 1. The molecule has 0 bridgehead atoms. The van der Waals surface area contributed by atoms with Crippen LogP contribution in [0.3, 0.4) is 0 Å². The summed E-state index contributed by atoms with van der Waals surface area (Å²) in [5.74, 6) is 0.416. The van der Waals surface area contributed by atoms with E-state index in [0.717, 1.165) is 37.9 Å². The summed E-state index contributed by atoms with van der Waals surface area (Å²) in [4.78, 5) is 26.8. The van der Waals surface area contributed by atoms with E-state index in [1.165, 1.54) is 4.57 Å². The summed E-state index contributed by atoms with van der Waals surface area (Å²) < 4.78 is 7.09. The lowest BCUT2D eigenvalue weighted by Gasteiger charge is -2.17. The van der Waals surface area contributed by atoms with Gasteiger partial charge >= 0.3 is 0 Å². The minimum Gasteiger partial charge on any atom is -0.381 e. The maximum atomic E-state index is 12.5. The van der Waals surface area contributed by atoms with Crippen LogP contribution in [0, 0.1) is 5.92 Å². The van der Waals surface area contributed by atoms with Crippen molar-refractivity contribution in [2.45, 2.75) is 26.3 Å². The maximum absolute atomic E-state index is 12.5. The van der Waals surface area contributed by atoms with Crippen LogP contribution in [0.1, 0.15) is 19.8 Å². The highest BCUT2D eigenvalue weighted by Crippen LogP contribution is 2.17. The van der Waals surface area contributed by atoms with E-state index in [1.807, 2.05) is 29.2 Å². The molecule has 5 nitrogen and oxygen atoms in total. The average molecular weight is 328 g/mol. The molecule has 1 saturated heterocycles. The second-order valence-corrected chi connectivity index (χ2v) is 6.41. The molecule has 1 amide bonds. The monoisotopic (exact) mass is 328 g/mol. The maximum Gasteiger partial charge on any atom is 0.258 e. The first kappa shape index (κ1) is 16.7. The molecule has 0 aliphatic carbocycles. The van der Waals surface area contributed by atoms with Crippen molar-refractivity contribution in [3.05, 3.63) is 46.9 Å². The molecule has 1 aliphatic heterocycles. The molecule has 1 fully saturated rings. The SMILES string of the molecule is CCCOCC1CCN(C(=O)Cn2ccc3ccccc3c2=O)C1. The number of ether oxygens (including phenoxy) is 1. The van der Waals surface area contributed by atoms with Crippen molar-refractivity contribution in [3.63, 3.8) is 0 Å². The van der Waals surface area contributed by atoms with Gasteiger partial charge < -0.3 is 14.2 Å². The van der Waals surface area contributed by atoms with Crippen molar-refractivity contribution in [2.75, 3.05) is 26.3 Å². The Morgan fingerprint density at radius 2 is 2.12 bits per heavy atom. The molecule has 0 spiro atoms. The Hall–Kier alpha value is -2.14. The molecule has 128 valence electrons. The molecule has 3 rings (SSSR count). The van der Waals surface area contributed by atoms with Crippen LogP contribution in [0.25, 0.3) is 10.8 Å². The van der Waals surface area contributed by atoms with Crippen LogP contribution >= 0.6 is 0 Å². The molecule has 0 saturated carbocycles. The van der Waals surface area contributed by atoms with Gasteiger partial charge in [0.2, 0.25) is 5.91 Å². The van der Waals surface area contributed by atoms with Crippen LogP contribution in [0.15, 0.2) is 41.3 Å². The van der Waals surface area contributed by atoms with E-state index in [0.29, 0.717) is 17.9 Å². The van der Waals surface area contributed by atoms with Gasteiger partial charge in [0.25, 0.3) is 5.56 Å². The third kappa shape index (κ3) is 3.67. The van der Waals surface area contributed by atoms with E-state index < -0.39 is 0 Å². The number of hydrogen-bond donors (Lipinski definition) is 0. The Morgan fingerprint density at radius 1 is 1.29 bits per heavy atom. The number of nitrogens with zero attached hydrogens (tertiary/aromatic N) is 2. The Kier molecular flexibility index (Phi) is 5.30. The predicted molar refractivity (Wildman–Crippen MR) is 94.0 cm³/mol. The van der Waals surface area contributed by atoms with E-state index >= 15 is 0 Å². The molecule has 0 N–H and O–H groups in total. The third-order valence-electron chi connectivity index (χ3n) is 4.53. The zero-order valence-corrected chi connectivity index (χ0v) is 14.1. The lowest BCUT2D eigenvalue weighted by atomic mass is 10.1. The average Bonchev–Trinajstić information content (AvgIpc) is 3.07. The van der Waals surface area contributed by atoms with Crippen LogP contribution in [-0.2, 0) is 16.1 Å². The van der Waals surface area contributed by atoms with Crippen LogP contribution in [0.2, 0.25) is 0 Å². The lowest BCUT2D eigenvalue weighted by Crippen LogP contribution is -2.35. The molecule has 1 aromatic heterocycles. The molecule has 1 unspecified atom stereocenters. The zero-order valence-electron chi connectivity index (χ0n) is 14.1. The number of carbonyl (C=O) groups is 1. The van der Waals surface area contributed by atoms with Crippen molar-refractivity contribution in [1.29, 1.82) is 0 Å². The van der Waals surface area contributed by atoms with E-state index in [-0.39, 0.29) is 18.0 Å². The summed E-state index contributed by atoms with van der Waals surface area (Å²) in [7, 11) is 0. The third-order valence-corrected chi connectivity index (χ3v) is 4.53. The smallest absolute Gasteiger partial charge is 0.258 e. The van der Waals surface area contributed by atoms with Gasteiger partial charge in [-0.25, -0.2) is 0 Å². The van der Waals surface area contributed by atoms with Gasteiger partial charge in [-0.05, 0) is 30.4 Å². The van der Waals surface area contributed by atoms with Crippen molar-refractivity contribution in [3.8, 4) is 0 Å². The molecular weight excluding hydrogens is 304 g/mol. The molecule has 0 radical (unpaired) electrons. The summed E-state index contributed by atoms with van der Waals surface area (Å²) in [6.07, 6.45) is 3.70. The fourth-order valence-electron chi connectivity index (χ4n) is 3.19. The fraction of sp³-hybridized carbons (Fsp3) is 0.474. The van der Waals surface area contributed by atoms with Crippen molar-refractivity contribution in [1.82, 2.24) is 9.47 Å². The van der Waals surface area contributed by atoms with Gasteiger partial charge in [0, 0.05) is 37.2 Å². The minimum absolute atomic E-state index is 0.00497. The first-order valence-electron chi connectivity index (χ1n) is 8.62. The van der Waals surface area contributed by atoms with Crippen LogP contribution in [-0.4, -0.2) is 41.7 Å². The molecule has 1 aliphatic rings. The van der Waals surface area contributed by atoms with Crippen LogP contribution < -0.4 is 5.56 Å². The standard InChI is InChI=1S/C19H24N2O3/c1-2-11-24-14-15-7-9-20(12-15)18(22)13-21-10-8-16-5-3-4-6-17(16)19(21)23/h3-6,8,10,15H,2,7,9,11-14H2,1H3. The van der Waals surface area contributed by atoms with Gasteiger partial charge in [0.1, 0.15) is 6.54 Å². The summed E-state index contributed by atoms with van der Waals surface area (Å²) in [5, 5.41) is 1.56. The van der Waals surface area contributed by atoms with Gasteiger partial charge in [-0.3, -0.25) is 9.59 Å². The largest absolute Gasteiger partial charge is 0.381 e. The number of fused-ring (bicyclic) bond motifs is 1. The summed E-state index contributed by atoms with van der Waals surface area (Å²) in [5.41, 5.74) is -0.108. The summed E-state index contributed by atoms with van der Waals surface area (Å²) in [6, 6.07) is 9.34. The normalized spacial score (nSPS) is 17.5. The van der Waals surface area contributed by atoms with Gasteiger partial charge in [0.15, 0.2) is 0 Å². The van der Waals surface area contributed by atoms with Gasteiger partial charge in [-0.2, -0.15) is 0 Å². The first-order valence-corrected chi connectivity index (χ1v) is 8.62. The van der Waals surface area contributed by atoms with Crippen LogP contribution in [0.5, 0.6) is 0 Å². The molecule has 24 heavy (non-hydrogen) atoms. The molecule has 1 atom stereocenters. The fourth-order valence-corrected chi connectivity index (χ4v) is 3.19. The first-order chi connectivity index (χ1) is 11.7. The predicted octanol–water partition coefficient (Wildman–Crippen LogP) is 2.28. The van der Waals surface area contributed by atoms with Crippen molar-refractivity contribution in [2.24, 2.45) is 5.92 Å². The van der Waals surface area contributed by atoms with E-state index in [9.17, 15) is 9.59 Å². The number of carbonyl (C=O) groups excluding carboxylic acids is 1. The number of hydrogen-bond acceptors (Lipinski definition) is 3. The van der Waals surface area contributed by atoms with Gasteiger partial charge in [-0.1, -0.05) is 25.1 Å². The summed E-state index contributed by atoms with van der Waals surface area (Å²) in [6.45, 7) is 5.16. The van der Waals surface area contributed by atoms with Crippen molar-refractivity contribution < 1.29 is 9.53 Å². The second-order valence-electron chi connectivity index (χ2n) is 6.41. The summed E-state index contributed by atoms with van der Waals surface area (Å²) >= 11 is 0. The molecule has 5 heteroatoms. The zero-order chi connectivity index (χ0) is 16.9. The number of rotatable bonds is 6. The Bertz CT molecular complexity index is 769.